The lowest BCUT2D eigenvalue weighted by Gasteiger charge is -2.27. The van der Waals surface area contributed by atoms with E-state index in [0.717, 1.165) is 25.3 Å². The van der Waals surface area contributed by atoms with E-state index in [2.05, 4.69) is 25.4 Å². The summed E-state index contributed by atoms with van der Waals surface area (Å²) in [5.74, 6) is 0.779. The number of hydrogen-bond donors (Lipinski definition) is 2. The Bertz CT molecular complexity index is 216. The van der Waals surface area contributed by atoms with Crippen LogP contribution < -0.4 is 5.32 Å². The first-order valence-electron chi connectivity index (χ1n) is 7.15. The molecule has 0 saturated heterocycles. The van der Waals surface area contributed by atoms with Gasteiger partial charge >= 0.3 is 0 Å². The molecule has 0 radical (unpaired) electrons. The lowest BCUT2D eigenvalue weighted by Crippen LogP contribution is -2.35. The van der Waals surface area contributed by atoms with Crippen molar-refractivity contribution < 1.29 is 9.84 Å². The van der Waals surface area contributed by atoms with Gasteiger partial charge in [-0.25, -0.2) is 0 Å². The van der Waals surface area contributed by atoms with Crippen LogP contribution in [0.4, 0.5) is 0 Å². The largest absolute Gasteiger partial charge is 0.389 e. The molecule has 3 nitrogen and oxygen atoms in total. The number of aliphatic hydroxyl groups excluding tert-OH is 1. The number of rotatable bonds is 8. The number of nitrogens with one attached hydrogen (secondary N) is 1. The summed E-state index contributed by atoms with van der Waals surface area (Å²) in [5, 5.41) is 13.7. The second-order valence-corrected chi connectivity index (χ2v) is 6.86. The fraction of sp³-hybridized carbons (Fsp3) is 1.00. The molecule has 4 heteroatoms. The Morgan fingerprint density at radius 1 is 1.39 bits per heavy atom. The summed E-state index contributed by atoms with van der Waals surface area (Å²) in [6, 6.07) is 0. The molecule has 4 unspecified atom stereocenters. The van der Waals surface area contributed by atoms with Crippen molar-refractivity contribution in [2.24, 2.45) is 5.92 Å². The van der Waals surface area contributed by atoms with E-state index in [0.29, 0.717) is 24.5 Å². The maximum absolute atomic E-state index is 9.84. The summed E-state index contributed by atoms with van der Waals surface area (Å²) < 4.78 is 5.80. The first-order chi connectivity index (χ1) is 8.61. The third kappa shape index (κ3) is 6.98. The van der Waals surface area contributed by atoms with E-state index < -0.39 is 0 Å². The summed E-state index contributed by atoms with van der Waals surface area (Å²) in [6.07, 6.45) is 7.01. The summed E-state index contributed by atoms with van der Waals surface area (Å²) in [6.45, 7) is 6.52. The van der Waals surface area contributed by atoms with Crippen LogP contribution in [0.25, 0.3) is 0 Å². The van der Waals surface area contributed by atoms with Gasteiger partial charge in [-0.1, -0.05) is 26.7 Å². The molecule has 2 N–H and O–H groups in total. The van der Waals surface area contributed by atoms with Crippen LogP contribution >= 0.6 is 11.8 Å². The van der Waals surface area contributed by atoms with Gasteiger partial charge < -0.3 is 15.2 Å². The van der Waals surface area contributed by atoms with Gasteiger partial charge in [0.25, 0.3) is 0 Å². The zero-order chi connectivity index (χ0) is 13.4. The van der Waals surface area contributed by atoms with Crippen LogP contribution in [0.2, 0.25) is 0 Å². The van der Waals surface area contributed by atoms with Crippen molar-refractivity contribution in [1.82, 2.24) is 5.32 Å². The van der Waals surface area contributed by atoms with Crippen molar-refractivity contribution in [1.29, 1.82) is 0 Å². The number of ether oxygens (including phenoxy) is 1. The molecular weight excluding hydrogens is 246 g/mol. The molecule has 1 aliphatic carbocycles. The normalized spacial score (nSPS) is 28.0. The fourth-order valence-electron chi connectivity index (χ4n) is 2.37. The van der Waals surface area contributed by atoms with Crippen molar-refractivity contribution in [2.45, 2.75) is 57.0 Å². The van der Waals surface area contributed by atoms with Crippen LogP contribution in [-0.2, 0) is 4.74 Å². The Balaban J connectivity index is 2.03. The highest BCUT2D eigenvalue weighted by Gasteiger charge is 2.20. The van der Waals surface area contributed by atoms with Crippen LogP contribution in [0.3, 0.4) is 0 Å². The van der Waals surface area contributed by atoms with Crippen LogP contribution in [0, 0.1) is 5.92 Å². The van der Waals surface area contributed by atoms with Gasteiger partial charge in [-0.2, -0.15) is 11.8 Å². The van der Waals surface area contributed by atoms with Gasteiger partial charge in [-0.15, -0.1) is 0 Å². The Labute approximate surface area is 116 Å². The lowest BCUT2D eigenvalue weighted by atomic mass is 9.89. The van der Waals surface area contributed by atoms with Gasteiger partial charge in [-0.05, 0) is 25.0 Å². The Kier molecular flexibility index (Phi) is 8.31. The molecule has 1 saturated carbocycles. The number of thioether (sulfide) groups is 1. The predicted octanol–water partition coefficient (Wildman–Crippen LogP) is 2.28. The molecule has 0 aromatic heterocycles. The van der Waals surface area contributed by atoms with Crippen molar-refractivity contribution in [3.05, 3.63) is 0 Å². The third-order valence-corrected chi connectivity index (χ3v) is 4.60. The van der Waals surface area contributed by atoms with E-state index in [-0.39, 0.29) is 6.10 Å². The summed E-state index contributed by atoms with van der Waals surface area (Å²) >= 11 is 1.84. The van der Waals surface area contributed by atoms with Crippen molar-refractivity contribution >= 4 is 11.8 Å². The van der Waals surface area contributed by atoms with Crippen molar-refractivity contribution in [3.63, 3.8) is 0 Å². The van der Waals surface area contributed by atoms with Crippen LogP contribution in [0.5, 0.6) is 0 Å². The molecular formula is C14H29NO2S. The Morgan fingerprint density at radius 3 is 2.83 bits per heavy atom. The molecule has 1 aliphatic rings. The topological polar surface area (TPSA) is 41.5 Å². The molecule has 4 atom stereocenters. The number of hydrogen-bond acceptors (Lipinski definition) is 4. The Morgan fingerprint density at radius 2 is 2.17 bits per heavy atom. The quantitative estimate of drug-likeness (QED) is 0.713. The van der Waals surface area contributed by atoms with Gasteiger partial charge in [0.1, 0.15) is 0 Å². The van der Waals surface area contributed by atoms with E-state index >= 15 is 0 Å². The average molecular weight is 275 g/mol. The fourth-order valence-corrected chi connectivity index (χ4v) is 2.66. The van der Waals surface area contributed by atoms with E-state index in [4.69, 9.17) is 4.74 Å². The van der Waals surface area contributed by atoms with Crippen molar-refractivity contribution in [2.75, 3.05) is 26.0 Å². The Hall–Kier alpha value is 0.230. The molecule has 0 aromatic rings. The second kappa shape index (κ2) is 9.18. The number of aliphatic hydroxyl groups is 1. The lowest BCUT2D eigenvalue weighted by molar-refractivity contribution is -0.0305. The SMILES string of the molecule is CSC(C)CNCC(O)COC1CCCC(C)C1. The minimum Gasteiger partial charge on any atom is -0.389 e. The highest BCUT2D eigenvalue weighted by Crippen LogP contribution is 2.25. The summed E-state index contributed by atoms with van der Waals surface area (Å²) in [7, 11) is 0. The first kappa shape index (κ1) is 16.3. The third-order valence-electron chi connectivity index (χ3n) is 3.63. The summed E-state index contributed by atoms with van der Waals surface area (Å²) in [4.78, 5) is 0. The van der Waals surface area contributed by atoms with E-state index in [1.54, 1.807) is 0 Å². The average Bonchev–Trinajstić information content (AvgIpc) is 2.36. The van der Waals surface area contributed by atoms with Gasteiger partial charge in [-0.3, -0.25) is 0 Å². The van der Waals surface area contributed by atoms with E-state index in [9.17, 15) is 5.11 Å². The smallest absolute Gasteiger partial charge is 0.0897 e. The van der Waals surface area contributed by atoms with Gasteiger partial charge in [0.15, 0.2) is 0 Å². The highest BCUT2D eigenvalue weighted by atomic mass is 32.2. The van der Waals surface area contributed by atoms with Crippen LogP contribution in [0.1, 0.15) is 39.5 Å². The maximum Gasteiger partial charge on any atom is 0.0897 e. The molecule has 0 aromatic carbocycles. The molecule has 0 spiro atoms. The first-order valence-corrected chi connectivity index (χ1v) is 8.43. The van der Waals surface area contributed by atoms with Gasteiger partial charge in [0.05, 0.1) is 18.8 Å². The molecule has 0 bridgehead atoms. The zero-order valence-electron chi connectivity index (χ0n) is 12.0. The second-order valence-electron chi connectivity index (χ2n) is 5.59. The minimum atomic E-state index is -0.378. The maximum atomic E-state index is 9.84. The van der Waals surface area contributed by atoms with Crippen LogP contribution in [0.15, 0.2) is 0 Å². The van der Waals surface area contributed by atoms with Crippen molar-refractivity contribution in [3.8, 4) is 0 Å². The summed E-state index contributed by atoms with van der Waals surface area (Å²) in [5.41, 5.74) is 0. The monoisotopic (exact) mass is 275 g/mol. The van der Waals surface area contributed by atoms with E-state index in [1.165, 1.54) is 12.8 Å². The standard InChI is InChI=1S/C14H29NO2S/c1-11-5-4-6-14(7-11)17-10-13(16)9-15-8-12(2)18-3/h11-16H,4-10H2,1-3H3. The van der Waals surface area contributed by atoms with Gasteiger partial charge in [0, 0.05) is 18.3 Å². The molecule has 1 rings (SSSR count). The molecule has 18 heavy (non-hydrogen) atoms. The van der Waals surface area contributed by atoms with Crippen LogP contribution in [-0.4, -0.2) is 48.5 Å². The predicted molar refractivity (Wildman–Crippen MR) is 79.2 cm³/mol. The molecule has 108 valence electrons. The molecule has 0 heterocycles. The molecule has 1 fully saturated rings. The zero-order valence-corrected chi connectivity index (χ0v) is 12.8. The van der Waals surface area contributed by atoms with E-state index in [1.807, 2.05) is 11.8 Å². The molecule has 0 aliphatic heterocycles. The molecule has 0 amide bonds. The minimum absolute atomic E-state index is 0.369. The highest BCUT2D eigenvalue weighted by molar-refractivity contribution is 7.99. The van der Waals surface area contributed by atoms with Gasteiger partial charge in [0.2, 0.25) is 0 Å².